The Morgan fingerprint density at radius 2 is 2.16 bits per heavy atom. The van der Waals surface area contributed by atoms with Crippen LogP contribution in [0.2, 0.25) is 0 Å². The molecule has 1 aliphatic rings. The van der Waals surface area contributed by atoms with Crippen molar-refractivity contribution >= 4 is 0 Å². The van der Waals surface area contributed by atoms with Crippen LogP contribution in [-0.2, 0) is 13.0 Å². The SMILES string of the molecule is CCc1cnc(CNC(C)C2CCN(CC)CC2)o1. The number of aromatic nitrogens is 1. The molecule has 0 amide bonds. The van der Waals surface area contributed by atoms with Gasteiger partial charge < -0.3 is 14.6 Å². The number of hydrogen-bond acceptors (Lipinski definition) is 4. The number of hydrogen-bond donors (Lipinski definition) is 1. The van der Waals surface area contributed by atoms with Crippen LogP contribution in [0.5, 0.6) is 0 Å². The Bertz CT molecular complexity index is 369. The molecule has 19 heavy (non-hydrogen) atoms. The number of rotatable bonds is 6. The van der Waals surface area contributed by atoms with Crippen LogP contribution in [0.1, 0.15) is 45.3 Å². The molecule has 108 valence electrons. The molecule has 0 bridgehead atoms. The third kappa shape index (κ3) is 4.05. The molecule has 1 N–H and O–H groups in total. The molecule has 1 saturated heterocycles. The van der Waals surface area contributed by atoms with Crippen molar-refractivity contribution in [3.8, 4) is 0 Å². The van der Waals surface area contributed by atoms with E-state index < -0.39 is 0 Å². The topological polar surface area (TPSA) is 41.3 Å². The minimum Gasteiger partial charge on any atom is -0.444 e. The largest absolute Gasteiger partial charge is 0.444 e. The van der Waals surface area contributed by atoms with Crippen LogP contribution in [0.3, 0.4) is 0 Å². The molecular weight excluding hydrogens is 238 g/mol. The maximum absolute atomic E-state index is 5.62. The van der Waals surface area contributed by atoms with Gasteiger partial charge in [-0.05, 0) is 45.3 Å². The second kappa shape index (κ2) is 7.06. The standard InChI is InChI=1S/C15H27N3O/c1-4-14-10-17-15(19-14)11-16-12(3)13-6-8-18(5-2)9-7-13/h10,12-13,16H,4-9,11H2,1-3H3. The molecule has 1 aromatic rings. The molecular formula is C15H27N3O. The Balaban J connectivity index is 1.73. The van der Waals surface area contributed by atoms with Gasteiger partial charge in [0.05, 0.1) is 12.7 Å². The Kier molecular flexibility index (Phi) is 5.40. The number of likely N-dealkylation sites (tertiary alicyclic amines) is 1. The summed E-state index contributed by atoms with van der Waals surface area (Å²) in [6.45, 7) is 11.0. The van der Waals surface area contributed by atoms with Gasteiger partial charge in [-0.15, -0.1) is 0 Å². The second-order valence-electron chi connectivity index (χ2n) is 5.52. The zero-order chi connectivity index (χ0) is 13.7. The fourth-order valence-electron chi connectivity index (χ4n) is 2.78. The van der Waals surface area contributed by atoms with E-state index in [0.29, 0.717) is 6.04 Å². The van der Waals surface area contributed by atoms with E-state index in [4.69, 9.17) is 4.42 Å². The summed E-state index contributed by atoms with van der Waals surface area (Å²) in [5.41, 5.74) is 0. The number of nitrogens with zero attached hydrogens (tertiary/aromatic N) is 2. The molecule has 1 fully saturated rings. The molecule has 1 unspecified atom stereocenters. The average Bonchev–Trinajstić information content (AvgIpc) is 2.93. The highest BCUT2D eigenvalue weighted by Gasteiger charge is 2.23. The molecule has 4 heteroatoms. The molecule has 1 atom stereocenters. The van der Waals surface area contributed by atoms with Gasteiger partial charge in [-0.2, -0.15) is 0 Å². The maximum atomic E-state index is 5.62. The highest BCUT2D eigenvalue weighted by molar-refractivity contribution is 4.93. The molecule has 0 spiro atoms. The summed E-state index contributed by atoms with van der Waals surface area (Å²) in [5, 5.41) is 3.56. The summed E-state index contributed by atoms with van der Waals surface area (Å²) in [6.07, 6.45) is 5.35. The predicted octanol–water partition coefficient (Wildman–Crippen LogP) is 2.45. The van der Waals surface area contributed by atoms with Crippen LogP contribution >= 0.6 is 0 Å². The summed E-state index contributed by atoms with van der Waals surface area (Å²) < 4.78 is 5.62. The summed E-state index contributed by atoms with van der Waals surface area (Å²) >= 11 is 0. The quantitative estimate of drug-likeness (QED) is 0.858. The van der Waals surface area contributed by atoms with Crippen LogP contribution in [0.4, 0.5) is 0 Å². The van der Waals surface area contributed by atoms with Crippen molar-refractivity contribution in [1.29, 1.82) is 0 Å². The van der Waals surface area contributed by atoms with Crippen LogP contribution in [-0.4, -0.2) is 35.6 Å². The van der Waals surface area contributed by atoms with Crippen LogP contribution in [0, 0.1) is 5.92 Å². The van der Waals surface area contributed by atoms with Crippen molar-refractivity contribution in [3.63, 3.8) is 0 Å². The van der Waals surface area contributed by atoms with Gasteiger partial charge in [0.25, 0.3) is 0 Å². The minimum absolute atomic E-state index is 0.538. The number of piperidine rings is 1. The van der Waals surface area contributed by atoms with Crippen molar-refractivity contribution in [3.05, 3.63) is 17.8 Å². The van der Waals surface area contributed by atoms with E-state index in [-0.39, 0.29) is 0 Å². The van der Waals surface area contributed by atoms with Crippen molar-refractivity contribution < 1.29 is 4.42 Å². The van der Waals surface area contributed by atoms with Crippen LogP contribution in [0.25, 0.3) is 0 Å². The first-order valence-electron chi connectivity index (χ1n) is 7.62. The van der Waals surface area contributed by atoms with Crippen molar-refractivity contribution in [1.82, 2.24) is 15.2 Å². The van der Waals surface area contributed by atoms with Gasteiger partial charge in [0.1, 0.15) is 5.76 Å². The molecule has 0 saturated carbocycles. The highest BCUT2D eigenvalue weighted by atomic mass is 16.4. The fraction of sp³-hybridized carbons (Fsp3) is 0.800. The van der Waals surface area contributed by atoms with Crippen molar-refractivity contribution in [2.45, 2.75) is 52.6 Å². The van der Waals surface area contributed by atoms with Gasteiger partial charge in [0.15, 0.2) is 0 Å². The molecule has 1 aliphatic heterocycles. The number of oxazole rings is 1. The monoisotopic (exact) mass is 265 g/mol. The first kappa shape index (κ1) is 14.5. The zero-order valence-corrected chi connectivity index (χ0v) is 12.5. The average molecular weight is 265 g/mol. The molecule has 1 aromatic heterocycles. The van der Waals surface area contributed by atoms with Crippen LogP contribution in [0.15, 0.2) is 10.6 Å². The van der Waals surface area contributed by atoms with Crippen LogP contribution < -0.4 is 5.32 Å². The fourth-order valence-corrected chi connectivity index (χ4v) is 2.78. The van der Waals surface area contributed by atoms with E-state index in [9.17, 15) is 0 Å². The van der Waals surface area contributed by atoms with E-state index >= 15 is 0 Å². The van der Waals surface area contributed by atoms with Gasteiger partial charge in [0.2, 0.25) is 5.89 Å². The minimum atomic E-state index is 0.538. The first-order valence-corrected chi connectivity index (χ1v) is 7.62. The second-order valence-corrected chi connectivity index (χ2v) is 5.52. The summed E-state index contributed by atoms with van der Waals surface area (Å²) in [4.78, 5) is 6.82. The zero-order valence-electron chi connectivity index (χ0n) is 12.5. The van der Waals surface area contributed by atoms with E-state index in [1.54, 1.807) is 0 Å². The molecule has 0 aliphatic carbocycles. The van der Waals surface area contributed by atoms with Gasteiger partial charge in [-0.1, -0.05) is 13.8 Å². The van der Waals surface area contributed by atoms with E-state index in [1.165, 1.54) is 32.5 Å². The Morgan fingerprint density at radius 1 is 1.42 bits per heavy atom. The molecule has 2 heterocycles. The lowest BCUT2D eigenvalue weighted by Crippen LogP contribution is -2.41. The van der Waals surface area contributed by atoms with Gasteiger partial charge in [0, 0.05) is 12.5 Å². The summed E-state index contributed by atoms with van der Waals surface area (Å²) in [6, 6.07) is 0.538. The summed E-state index contributed by atoms with van der Waals surface area (Å²) in [5.74, 6) is 2.57. The van der Waals surface area contributed by atoms with Crippen molar-refractivity contribution in [2.75, 3.05) is 19.6 Å². The van der Waals surface area contributed by atoms with E-state index in [1.807, 2.05) is 6.20 Å². The van der Waals surface area contributed by atoms with Crippen molar-refractivity contribution in [2.24, 2.45) is 5.92 Å². The Morgan fingerprint density at radius 3 is 2.74 bits per heavy atom. The third-order valence-corrected chi connectivity index (χ3v) is 4.31. The normalized spacial score (nSPS) is 19.7. The number of aryl methyl sites for hydroxylation is 1. The molecule has 4 nitrogen and oxygen atoms in total. The lowest BCUT2D eigenvalue weighted by molar-refractivity contribution is 0.167. The van der Waals surface area contributed by atoms with Gasteiger partial charge >= 0.3 is 0 Å². The smallest absolute Gasteiger partial charge is 0.208 e. The molecule has 0 radical (unpaired) electrons. The molecule has 0 aromatic carbocycles. The first-order chi connectivity index (χ1) is 9.22. The lowest BCUT2D eigenvalue weighted by Gasteiger charge is -2.34. The van der Waals surface area contributed by atoms with Gasteiger partial charge in [-0.25, -0.2) is 4.98 Å². The highest BCUT2D eigenvalue weighted by Crippen LogP contribution is 2.20. The summed E-state index contributed by atoms with van der Waals surface area (Å²) in [7, 11) is 0. The third-order valence-electron chi connectivity index (χ3n) is 4.31. The lowest BCUT2D eigenvalue weighted by atomic mass is 9.90. The van der Waals surface area contributed by atoms with E-state index in [0.717, 1.165) is 30.5 Å². The Hall–Kier alpha value is -0.870. The van der Waals surface area contributed by atoms with E-state index in [2.05, 4.69) is 36.0 Å². The maximum Gasteiger partial charge on any atom is 0.208 e. The predicted molar refractivity (Wildman–Crippen MR) is 77.0 cm³/mol. The Labute approximate surface area is 116 Å². The van der Waals surface area contributed by atoms with Gasteiger partial charge in [-0.3, -0.25) is 0 Å². The molecule has 2 rings (SSSR count). The number of nitrogens with one attached hydrogen (secondary N) is 1.